The first-order valence-corrected chi connectivity index (χ1v) is 6.98. The summed E-state index contributed by atoms with van der Waals surface area (Å²) >= 11 is 0. The molecule has 1 aliphatic rings. The number of nitrogens with zero attached hydrogens (tertiary/aromatic N) is 1. The fraction of sp³-hybridized carbons (Fsp3) is 0.467. The van der Waals surface area contributed by atoms with E-state index < -0.39 is 0 Å². The molecule has 0 saturated carbocycles. The van der Waals surface area contributed by atoms with E-state index in [0.29, 0.717) is 25.4 Å². The molecule has 1 unspecified atom stereocenters. The maximum Gasteiger partial charge on any atom is 0.227 e. The van der Waals surface area contributed by atoms with Crippen molar-refractivity contribution in [3.8, 4) is 5.75 Å². The highest BCUT2D eigenvalue weighted by atomic mass is 16.5. The fourth-order valence-corrected chi connectivity index (χ4v) is 2.34. The maximum atomic E-state index is 12.0. The molecule has 114 valence electrons. The van der Waals surface area contributed by atoms with Crippen LogP contribution in [-0.4, -0.2) is 43.7 Å². The molecule has 1 saturated heterocycles. The van der Waals surface area contributed by atoms with E-state index >= 15 is 0 Å². The van der Waals surface area contributed by atoms with Crippen molar-refractivity contribution in [1.29, 1.82) is 0 Å². The van der Waals surface area contributed by atoms with E-state index in [1.54, 1.807) is 24.1 Å². The third-order valence-electron chi connectivity index (χ3n) is 3.48. The van der Waals surface area contributed by atoms with Gasteiger partial charge in [0.15, 0.2) is 0 Å². The average Bonchev–Trinajstić information content (AvgIpc) is 2.86. The van der Waals surface area contributed by atoms with Crippen LogP contribution in [-0.2, 0) is 14.3 Å². The number of methoxy groups -OCH3 is 1. The van der Waals surface area contributed by atoms with Crippen molar-refractivity contribution in [3.63, 3.8) is 0 Å². The lowest BCUT2D eigenvalue weighted by Crippen LogP contribution is -2.33. The minimum absolute atomic E-state index is 0.0715. The van der Waals surface area contributed by atoms with Crippen LogP contribution in [0.2, 0.25) is 0 Å². The van der Waals surface area contributed by atoms with Crippen LogP contribution < -0.4 is 10.2 Å². The van der Waals surface area contributed by atoms with Gasteiger partial charge in [0.25, 0.3) is 0 Å². The molecule has 0 spiro atoms. The fourth-order valence-electron chi connectivity index (χ4n) is 2.34. The van der Waals surface area contributed by atoms with Crippen LogP contribution in [0.3, 0.4) is 0 Å². The normalized spacial score (nSPS) is 18.0. The third-order valence-corrected chi connectivity index (χ3v) is 3.48. The summed E-state index contributed by atoms with van der Waals surface area (Å²) in [6.07, 6.45) is 0.974. The SMILES string of the molecule is COCCCNC(=O)C1CC(=O)N(c2ccc(O)cc2)C1. The predicted molar refractivity (Wildman–Crippen MR) is 78.1 cm³/mol. The molecule has 2 N–H and O–H groups in total. The molecule has 1 aromatic rings. The van der Waals surface area contributed by atoms with Crippen LogP contribution in [0, 0.1) is 5.92 Å². The smallest absolute Gasteiger partial charge is 0.227 e. The maximum absolute atomic E-state index is 12.0. The summed E-state index contributed by atoms with van der Waals surface area (Å²) < 4.78 is 4.92. The molecule has 21 heavy (non-hydrogen) atoms. The number of nitrogens with one attached hydrogen (secondary N) is 1. The lowest BCUT2D eigenvalue weighted by molar-refractivity contribution is -0.126. The summed E-state index contributed by atoms with van der Waals surface area (Å²) in [6, 6.07) is 6.40. The van der Waals surface area contributed by atoms with Gasteiger partial charge in [0.2, 0.25) is 11.8 Å². The highest BCUT2D eigenvalue weighted by Gasteiger charge is 2.34. The van der Waals surface area contributed by atoms with E-state index in [0.717, 1.165) is 6.42 Å². The zero-order chi connectivity index (χ0) is 15.2. The number of carbonyl (C=O) groups excluding carboxylic acids is 2. The standard InChI is InChI=1S/C15H20N2O4/c1-21-8-2-7-16-15(20)11-9-14(19)17(10-11)12-3-5-13(18)6-4-12/h3-6,11,18H,2,7-10H2,1H3,(H,16,20). The topological polar surface area (TPSA) is 78.9 Å². The largest absolute Gasteiger partial charge is 0.508 e. The van der Waals surface area contributed by atoms with Crippen molar-refractivity contribution in [1.82, 2.24) is 5.32 Å². The zero-order valence-electron chi connectivity index (χ0n) is 12.0. The molecule has 0 aliphatic carbocycles. The monoisotopic (exact) mass is 292 g/mol. The number of hydrogen-bond acceptors (Lipinski definition) is 4. The second kappa shape index (κ2) is 7.08. The molecule has 1 atom stereocenters. The highest BCUT2D eigenvalue weighted by molar-refractivity contribution is 6.00. The molecule has 1 heterocycles. The van der Waals surface area contributed by atoms with E-state index in [4.69, 9.17) is 4.74 Å². The lowest BCUT2D eigenvalue weighted by Gasteiger charge is -2.16. The van der Waals surface area contributed by atoms with Crippen LogP contribution in [0.1, 0.15) is 12.8 Å². The molecule has 6 heteroatoms. The molecule has 1 aliphatic heterocycles. The first-order chi connectivity index (χ1) is 10.1. The van der Waals surface area contributed by atoms with Crippen LogP contribution in [0.4, 0.5) is 5.69 Å². The van der Waals surface area contributed by atoms with Gasteiger partial charge in [-0.15, -0.1) is 0 Å². The van der Waals surface area contributed by atoms with Crippen molar-refractivity contribution >= 4 is 17.5 Å². The summed E-state index contributed by atoms with van der Waals surface area (Å²) in [6.45, 7) is 1.53. The van der Waals surface area contributed by atoms with Crippen molar-refractivity contribution in [2.75, 3.05) is 31.7 Å². The van der Waals surface area contributed by atoms with Gasteiger partial charge in [-0.1, -0.05) is 0 Å². The first kappa shape index (κ1) is 15.3. The van der Waals surface area contributed by atoms with Crippen LogP contribution in [0.5, 0.6) is 5.75 Å². The molecule has 2 rings (SSSR count). The average molecular weight is 292 g/mol. The van der Waals surface area contributed by atoms with E-state index in [1.807, 2.05) is 0 Å². The Kier molecular flexibility index (Phi) is 5.16. The number of amides is 2. The van der Waals surface area contributed by atoms with Gasteiger partial charge in [0.05, 0.1) is 5.92 Å². The minimum Gasteiger partial charge on any atom is -0.508 e. The van der Waals surface area contributed by atoms with Gasteiger partial charge < -0.3 is 20.1 Å². The van der Waals surface area contributed by atoms with Gasteiger partial charge in [-0.05, 0) is 30.7 Å². The molecule has 2 amide bonds. The van der Waals surface area contributed by atoms with Crippen molar-refractivity contribution in [2.45, 2.75) is 12.8 Å². The number of anilines is 1. The second-order valence-electron chi connectivity index (χ2n) is 5.06. The Labute approximate surface area is 123 Å². The molecular formula is C15H20N2O4. The molecule has 1 aromatic carbocycles. The van der Waals surface area contributed by atoms with E-state index in [-0.39, 0.29) is 29.9 Å². The van der Waals surface area contributed by atoms with Gasteiger partial charge >= 0.3 is 0 Å². The van der Waals surface area contributed by atoms with Crippen molar-refractivity contribution in [2.24, 2.45) is 5.92 Å². The van der Waals surface area contributed by atoms with Gasteiger partial charge in [0, 0.05) is 38.9 Å². The van der Waals surface area contributed by atoms with E-state index in [2.05, 4.69) is 5.32 Å². The summed E-state index contributed by atoms with van der Waals surface area (Å²) in [4.78, 5) is 25.6. The van der Waals surface area contributed by atoms with Crippen LogP contribution >= 0.6 is 0 Å². The number of phenols is 1. The molecule has 1 fully saturated rings. The van der Waals surface area contributed by atoms with Gasteiger partial charge in [-0.2, -0.15) is 0 Å². The van der Waals surface area contributed by atoms with Gasteiger partial charge in [-0.25, -0.2) is 0 Å². The number of phenolic OH excluding ortho intramolecular Hbond substituents is 1. The molecule has 0 bridgehead atoms. The molecule has 6 nitrogen and oxygen atoms in total. The van der Waals surface area contributed by atoms with E-state index in [9.17, 15) is 14.7 Å². The Balaban J connectivity index is 1.90. The Hall–Kier alpha value is -2.08. The first-order valence-electron chi connectivity index (χ1n) is 6.98. The van der Waals surface area contributed by atoms with Gasteiger partial charge in [-0.3, -0.25) is 9.59 Å². The molecular weight excluding hydrogens is 272 g/mol. The minimum atomic E-state index is -0.325. The lowest BCUT2D eigenvalue weighted by atomic mass is 10.1. The second-order valence-corrected chi connectivity index (χ2v) is 5.06. The number of ether oxygens (including phenoxy) is 1. The van der Waals surface area contributed by atoms with Crippen molar-refractivity contribution in [3.05, 3.63) is 24.3 Å². The van der Waals surface area contributed by atoms with Crippen LogP contribution in [0.15, 0.2) is 24.3 Å². The molecule has 0 radical (unpaired) electrons. The number of benzene rings is 1. The Morgan fingerprint density at radius 3 is 2.81 bits per heavy atom. The molecule has 0 aromatic heterocycles. The number of carbonyl (C=O) groups is 2. The van der Waals surface area contributed by atoms with Crippen molar-refractivity contribution < 1.29 is 19.4 Å². The Morgan fingerprint density at radius 1 is 1.43 bits per heavy atom. The van der Waals surface area contributed by atoms with Gasteiger partial charge in [0.1, 0.15) is 5.75 Å². The zero-order valence-corrected chi connectivity index (χ0v) is 12.0. The third kappa shape index (κ3) is 3.95. The summed E-state index contributed by atoms with van der Waals surface area (Å²) in [5, 5.41) is 12.1. The summed E-state index contributed by atoms with van der Waals surface area (Å²) in [5.41, 5.74) is 0.701. The number of aromatic hydroxyl groups is 1. The Bertz CT molecular complexity index is 501. The summed E-state index contributed by atoms with van der Waals surface area (Å²) in [5.74, 6) is -0.342. The summed E-state index contributed by atoms with van der Waals surface area (Å²) in [7, 11) is 1.62. The quantitative estimate of drug-likeness (QED) is 0.764. The van der Waals surface area contributed by atoms with Crippen LogP contribution in [0.25, 0.3) is 0 Å². The number of hydrogen-bond donors (Lipinski definition) is 2. The number of rotatable bonds is 6. The predicted octanol–water partition coefficient (Wildman–Crippen LogP) is 0.898. The highest BCUT2D eigenvalue weighted by Crippen LogP contribution is 2.26. The van der Waals surface area contributed by atoms with E-state index in [1.165, 1.54) is 12.1 Å². The Morgan fingerprint density at radius 2 is 2.14 bits per heavy atom.